The van der Waals surface area contributed by atoms with Crippen LogP contribution in [0.25, 0.3) is 0 Å². The Bertz CT molecular complexity index is 1100. The lowest BCUT2D eigenvalue weighted by atomic mass is 10.0. The van der Waals surface area contributed by atoms with E-state index in [-0.39, 0.29) is 24.8 Å². The van der Waals surface area contributed by atoms with E-state index in [1.54, 1.807) is 0 Å². The van der Waals surface area contributed by atoms with Gasteiger partial charge in [-0.2, -0.15) is 0 Å². The average molecular weight is 496 g/mol. The minimum absolute atomic E-state index is 0.0726. The molecule has 1 aliphatic heterocycles. The van der Waals surface area contributed by atoms with E-state index in [1.165, 1.54) is 16.0 Å². The second kappa shape index (κ2) is 11.6. The summed E-state index contributed by atoms with van der Waals surface area (Å²) in [5, 5.41) is 5.51. The second-order valence-corrected chi connectivity index (χ2v) is 9.61. The van der Waals surface area contributed by atoms with Gasteiger partial charge in [0, 0.05) is 24.8 Å². The van der Waals surface area contributed by atoms with Gasteiger partial charge in [0.1, 0.15) is 6.04 Å². The number of carbonyl (C=O) groups excluding carboxylic acids is 3. The van der Waals surface area contributed by atoms with E-state index in [0.717, 1.165) is 24.8 Å². The third kappa shape index (κ3) is 6.09. The lowest BCUT2D eigenvalue weighted by Gasteiger charge is -2.26. The van der Waals surface area contributed by atoms with Crippen LogP contribution in [-0.4, -0.2) is 60.0 Å². The number of fused-ring (bicyclic) bond motifs is 1. The number of halogens is 1. The van der Waals surface area contributed by atoms with Crippen molar-refractivity contribution in [2.24, 2.45) is 11.5 Å². The molecule has 0 radical (unpaired) electrons. The van der Waals surface area contributed by atoms with Crippen LogP contribution in [0.5, 0.6) is 0 Å². The van der Waals surface area contributed by atoms with Gasteiger partial charge in [0.15, 0.2) is 6.17 Å². The molecule has 1 saturated heterocycles. The fourth-order valence-corrected chi connectivity index (χ4v) is 5.01. The predicted molar refractivity (Wildman–Crippen MR) is 136 cm³/mol. The average Bonchev–Trinajstić information content (AvgIpc) is 3.53. The Morgan fingerprint density at radius 3 is 2.58 bits per heavy atom. The molecule has 0 spiro atoms. The van der Waals surface area contributed by atoms with E-state index >= 15 is 0 Å². The van der Waals surface area contributed by atoms with Crippen molar-refractivity contribution >= 4 is 23.4 Å². The number of aryl methyl sites for hydroxylation is 3. The molecule has 4 rings (SSSR count). The summed E-state index contributed by atoms with van der Waals surface area (Å²) < 4.78 is 13.8. The van der Waals surface area contributed by atoms with Gasteiger partial charge in [0.05, 0.1) is 6.04 Å². The van der Waals surface area contributed by atoms with Gasteiger partial charge in [0.25, 0.3) is 5.91 Å². The fraction of sp³-hybridized carbons (Fsp3) is 0.444. The van der Waals surface area contributed by atoms with Gasteiger partial charge in [-0.1, -0.05) is 36.4 Å². The molecule has 9 heteroatoms. The van der Waals surface area contributed by atoms with Gasteiger partial charge < -0.3 is 27.0 Å². The van der Waals surface area contributed by atoms with Gasteiger partial charge in [-0.25, -0.2) is 4.39 Å². The van der Waals surface area contributed by atoms with Crippen molar-refractivity contribution < 1.29 is 18.8 Å². The summed E-state index contributed by atoms with van der Waals surface area (Å²) in [6.45, 7) is -0.364. The summed E-state index contributed by atoms with van der Waals surface area (Å²) in [5.41, 5.74) is 15.8. The molecule has 192 valence electrons. The number of rotatable bonds is 9. The number of nitrogens with two attached hydrogens (primary N) is 2. The molecule has 6 N–H and O–H groups in total. The number of amides is 3. The fourth-order valence-electron chi connectivity index (χ4n) is 5.01. The summed E-state index contributed by atoms with van der Waals surface area (Å²) in [4.78, 5) is 40.1. The van der Waals surface area contributed by atoms with Crippen molar-refractivity contribution in [3.05, 3.63) is 65.2 Å². The Morgan fingerprint density at radius 1 is 1.08 bits per heavy atom. The van der Waals surface area contributed by atoms with Crippen LogP contribution in [0.4, 0.5) is 10.1 Å². The smallest absolute Gasteiger partial charge is 0.256 e. The molecule has 1 fully saturated rings. The number of benzene rings is 2. The van der Waals surface area contributed by atoms with Gasteiger partial charge in [0.2, 0.25) is 11.8 Å². The Labute approximate surface area is 210 Å². The second-order valence-electron chi connectivity index (χ2n) is 9.61. The number of carbonyl (C=O) groups is 3. The third-order valence-electron chi connectivity index (χ3n) is 6.99. The maximum atomic E-state index is 13.8. The molecule has 1 heterocycles. The lowest BCUT2D eigenvalue weighted by molar-refractivity contribution is -0.138. The SMILES string of the molecule is NC[C@@H](F)C(=O)N[C@@H]1C[C@@H](C(=O)Nc2ccc3c(c2)CCC3)N(C(=O)[C@@H](N)CCc2ccccc2)C1. The Balaban J connectivity index is 1.46. The highest BCUT2D eigenvalue weighted by molar-refractivity contribution is 5.98. The van der Waals surface area contributed by atoms with Crippen LogP contribution in [0, 0.1) is 0 Å². The van der Waals surface area contributed by atoms with Crippen molar-refractivity contribution in [3.63, 3.8) is 0 Å². The topological polar surface area (TPSA) is 131 Å². The molecular formula is C27H34FN5O3. The van der Waals surface area contributed by atoms with Crippen molar-refractivity contribution in [2.45, 2.75) is 62.8 Å². The van der Waals surface area contributed by atoms with Crippen LogP contribution in [-0.2, 0) is 33.6 Å². The first-order chi connectivity index (χ1) is 17.4. The molecular weight excluding hydrogens is 461 g/mol. The van der Waals surface area contributed by atoms with Crippen LogP contribution in [0.3, 0.4) is 0 Å². The van der Waals surface area contributed by atoms with Gasteiger partial charge in [-0.3, -0.25) is 14.4 Å². The molecule has 2 aromatic rings. The zero-order valence-corrected chi connectivity index (χ0v) is 20.3. The maximum absolute atomic E-state index is 13.8. The molecule has 4 atom stereocenters. The van der Waals surface area contributed by atoms with Crippen LogP contribution in [0.1, 0.15) is 36.0 Å². The monoisotopic (exact) mass is 495 g/mol. The molecule has 0 unspecified atom stereocenters. The molecule has 0 aromatic heterocycles. The van der Waals surface area contributed by atoms with E-state index in [2.05, 4.69) is 10.6 Å². The van der Waals surface area contributed by atoms with Gasteiger partial charge >= 0.3 is 0 Å². The molecule has 8 nitrogen and oxygen atoms in total. The molecule has 36 heavy (non-hydrogen) atoms. The van der Waals surface area contributed by atoms with Crippen molar-refractivity contribution in [3.8, 4) is 0 Å². The minimum Gasteiger partial charge on any atom is -0.349 e. The number of anilines is 1. The summed E-state index contributed by atoms with van der Waals surface area (Å²) in [5.74, 6) is -1.57. The molecule has 0 saturated carbocycles. The zero-order chi connectivity index (χ0) is 25.7. The van der Waals surface area contributed by atoms with Crippen molar-refractivity contribution in [1.29, 1.82) is 0 Å². The van der Waals surface area contributed by atoms with E-state index in [0.29, 0.717) is 18.5 Å². The van der Waals surface area contributed by atoms with Crippen molar-refractivity contribution in [1.82, 2.24) is 10.2 Å². The van der Waals surface area contributed by atoms with Crippen LogP contribution >= 0.6 is 0 Å². The quantitative estimate of drug-likeness (QED) is 0.418. The first kappa shape index (κ1) is 25.8. The Morgan fingerprint density at radius 2 is 1.83 bits per heavy atom. The van der Waals surface area contributed by atoms with E-state index < -0.39 is 36.7 Å². The van der Waals surface area contributed by atoms with Gasteiger partial charge in [-0.15, -0.1) is 0 Å². The molecule has 0 bridgehead atoms. The number of hydrogen-bond acceptors (Lipinski definition) is 5. The Kier molecular flexibility index (Phi) is 8.32. The number of nitrogens with one attached hydrogen (secondary N) is 2. The predicted octanol–water partition coefficient (Wildman–Crippen LogP) is 1.46. The zero-order valence-electron chi connectivity index (χ0n) is 20.3. The van der Waals surface area contributed by atoms with Crippen molar-refractivity contribution in [2.75, 3.05) is 18.4 Å². The first-order valence-corrected chi connectivity index (χ1v) is 12.5. The number of alkyl halides is 1. The minimum atomic E-state index is -1.85. The maximum Gasteiger partial charge on any atom is 0.256 e. The molecule has 2 aromatic carbocycles. The third-order valence-corrected chi connectivity index (χ3v) is 6.99. The molecule has 3 amide bonds. The summed E-state index contributed by atoms with van der Waals surface area (Å²) in [6.07, 6.45) is 2.46. The van der Waals surface area contributed by atoms with Crippen LogP contribution in [0.15, 0.2) is 48.5 Å². The van der Waals surface area contributed by atoms with E-state index in [4.69, 9.17) is 11.5 Å². The van der Waals surface area contributed by atoms with E-state index in [1.807, 2.05) is 48.5 Å². The molecule has 1 aliphatic carbocycles. The lowest BCUT2D eigenvalue weighted by Crippen LogP contribution is -2.50. The highest BCUT2D eigenvalue weighted by Crippen LogP contribution is 2.26. The highest BCUT2D eigenvalue weighted by Gasteiger charge is 2.42. The molecule has 2 aliphatic rings. The standard InChI is InChI=1S/C27H34FN5O3/c28-22(15-29)25(34)32-21-14-24(26(35)31-20-11-10-18-7-4-8-19(18)13-20)33(16-21)27(36)23(30)12-9-17-5-2-1-3-6-17/h1-3,5-6,10-11,13,21-24H,4,7-9,12,14-16,29-30H2,(H,31,35)(H,32,34)/t21-,22-,23+,24+/m1/s1. The highest BCUT2D eigenvalue weighted by atomic mass is 19.1. The number of likely N-dealkylation sites (tertiary alicyclic amines) is 1. The largest absolute Gasteiger partial charge is 0.349 e. The summed E-state index contributed by atoms with van der Waals surface area (Å²) >= 11 is 0. The first-order valence-electron chi connectivity index (χ1n) is 12.5. The van der Waals surface area contributed by atoms with Crippen LogP contribution in [0.2, 0.25) is 0 Å². The van der Waals surface area contributed by atoms with Gasteiger partial charge in [-0.05, 0) is 67.3 Å². The summed E-state index contributed by atoms with van der Waals surface area (Å²) in [7, 11) is 0. The normalized spacial score (nSPS) is 20.5. The van der Waals surface area contributed by atoms with E-state index in [9.17, 15) is 18.8 Å². The summed E-state index contributed by atoms with van der Waals surface area (Å²) in [6, 6.07) is 13.3. The number of hydrogen-bond donors (Lipinski definition) is 4. The van der Waals surface area contributed by atoms with Crippen LogP contribution < -0.4 is 22.1 Å². The Hall–Kier alpha value is -3.30. The number of nitrogens with zero attached hydrogens (tertiary/aromatic N) is 1.